The standard InChI is InChI=1S/C24H20Cl2N2O4S2/c1-15-7-11-17(12-8-15)33(29,30)27-23-19-5-3-4-6-20(19)24(22(26)21(23)25)28-34(31,32)18-13-9-16(2)10-14-18/h3-14,21-22H,1-2H3/t21-,22+. The predicted octanol–water partition coefficient (Wildman–Crippen LogP) is 4.89. The first-order valence-corrected chi connectivity index (χ1v) is 14.0. The first-order valence-electron chi connectivity index (χ1n) is 10.2. The minimum absolute atomic E-state index is 0.0134. The predicted molar refractivity (Wildman–Crippen MR) is 136 cm³/mol. The normalized spacial score (nSPS) is 20.9. The fourth-order valence-electron chi connectivity index (χ4n) is 3.49. The largest absolute Gasteiger partial charge is 0.282 e. The highest BCUT2D eigenvalue weighted by Gasteiger charge is 2.38. The van der Waals surface area contributed by atoms with E-state index in [1.54, 1.807) is 48.5 Å². The van der Waals surface area contributed by atoms with Crippen LogP contribution in [0.3, 0.4) is 0 Å². The number of fused-ring (bicyclic) bond motifs is 1. The third-order valence-corrected chi connectivity index (χ3v) is 8.99. The number of alkyl halides is 2. The van der Waals surface area contributed by atoms with Crippen molar-refractivity contribution >= 4 is 54.7 Å². The third-order valence-electron chi connectivity index (χ3n) is 5.33. The van der Waals surface area contributed by atoms with Crippen molar-refractivity contribution < 1.29 is 16.8 Å². The van der Waals surface area contributed by atoms with Crippen molar-refractivity contribution in [2.75, 3.05) is 0 Å². The molecule has 0 radical (unpaired) electrons. The molecular formula is C24H20Cl2N2O4S2. The van der Waals surface area contributed by atoms with Crippen LogP contribution in [0.4, 0.5) is 0 Å². The molecule has 0 N–H and O–H groups in total. The van der Waals surface area contributed by atoms with Gasteiger partial charge in [0.2, 0.25) is 0 Å². The van der Waals surface area contributed by atoms with E-state index in [0.717, 1.165) is 11.1 Å². The molecule has 176 valence electrons. The lowest BCUT2D eigenvalue weighted by Gasteiger charge is -2.28. The molecule has 34 heavy (non-hydrogen) atoms. The second-order valence-corrected chi connectivity index (χ2v) is 12.0. The van der Waals surface area contributed by atoms with E-state index in [1.165, 1.54) is 24.3 Å². The van der Waals surface area contributed by atoms with Crippen LogP contribution in [0.5, 0.6) is 0 Å². The zero-order valence-corrected chi connectivity index (χ0v) is 21.3. The lowest BCUT2D eigenvalue weighted by molar-refractivity contribution is 0.596. The van der Waals surface area contributed by atoms with Gasteiger partial charge in [-0.15, -0.1) is 23.2 Å². The minimum atomic E-state index is -4.09. The van der Waals surface area contributed by atoms with E-state index in [4.69, 9.17) is 23.2 Å². The monoisotopic (exact) mass is 534 g/mol. The molecule has 2 atom stereocenters. The van der Waals surface area contributed by atoms with Gasteiger partial charge in [-0.05, 0) is 38.1 Å². The van der Waals surface area contributed by atoms with Crippen molar-refractivity contribution in [2.24, 2.45) is 8.80 Å². The molecular weight excluding hydrogens is 515 g/mol. The first kappa shape index (κ1) is 24.6. The van der Waals surface area contributed by atoms with E-state index < -0.39 is 30.8 Å². The molecule has 4 rings (SSSR count). The van der Waals surface area contributed by atoms with Gasteiger partial charge >= 0.3 is 0 Å². The molecule has 3 aromatic carbocycles. The zero-order valence-electron chi connectivity index (χ0n) is 18.2. The van der Waals surface area contributed by atoms with Crippen molar-refractivity contribution in [3.05, 3.63) is 95.1 Å². The molecule has 1 aliphatic rings. The smallest absolute Gasteiger partial charge is 0.199 e. The molecule has 0 saturated carbocycles. The average Bonchev–Trinajstić information content (AvgIpc) is 2.80. The molecule has 1 aliphatic carbocycles. The zero-order chi connectivity index (χ0) is 24.7. The first-order chi connectivity index (χ1) is 16.0. The molecule has 0 fully saturated rings. The second-order valence-electron chi connectivity index (χ2n) is 7.88. The summed E-state index contributed by atoms with van der Waals surface area (Å²) < 4.78 is 59.9. The van der Waals surface area contributed by atoms with Crippen molar-refractivity contribution in [3.8, 4) is 0 Å². The quantitative estimate of drug-likeness (QED) is 0.445. The van der Waals surface area contributed by atoms with Gasteiger partial charge in [0.25, 0.3) is 20.0 Å². The van der Waals surface area contributed by atoms with Crippen LogP contribution in [-0.2, 0) is 20.0 Å². The number of hydrogen-bond donors (Lipinski definition) is 0. The van der Waals surface area contributed by atoms with E-state index in [1.807, 2.05) is 13.8 Å². The number of nitrogens with zero attached hydrogens (tertiary/aromatic N) is 2. The van der Waals surface area contributed by atoms with Gasteiger partial charge in [-0.3, -0.25) is 0 Å². The lowest BCUT2D eigenvalue weighted by atomic mass is 9.88. The van der Waals surface area contributed by atoms with Gasteiger partial charge in [0, 0.05) is 11.1 Å². The van der Waals surface area contributed by atoms with E-state index in [9.17, 15) is 16.8 Å². The Balaban J connectivity index is 1.85. The lowest BCUT2D eigenvalue weighted by Crippen LogP contribution is -2.40. The maximum Gasteiger partial charge on any atom is 0.282 e. The molecule has 0 aliphatic heterocycles. The van der Waals surface area contributed by atoms with Crippen LogP contribution in [-0.4, -0.2) is 39.0 Å². The van der Waals surface area contributed by atoms with Crippen molar-refractivity contribution in [2.45, 2.75) is 34.4 Å². The Morgan fingerprint density at radius 2 is 0.912 bits per heavy atom. The van der Waals surface area contributed by atoms with E-state index in [0.29, 0.717) is 11.1 Å². The Morgan fingerprint density at radius 3 is 1.24 bits per heavy atom. The topological polar surface area (TPSA) is 93.0 Å². The number of rotatable bonds is 4. The number of halogens is 2. The van der Waals surface area contributed by atoms with E-state index in [-0.39, 0.29) is 21.2 Å². The molecule has 0 amide bonds. The van der Waals surface area contributed by atoms with Gasteiger partial charge < -0.3 is 0 Å². The summed E-state index contributed by atoms with van der Waals surface area (Å²) in [6, 6.07) is 19.1. The van der Waals surface area contributed by atoms with Crippen LogP contribution in [0.1, 0.15) is 22.3 Å². The van der Waals surface area contributed by atoms with Gasteiger partial charge in [0.1, 0.15) is 0 Å². The van der Waals surface area contributed by atoms with Crippen LogP contribution in [0.25, 0.3) is 0 Å². The number of benzene rings is 3. The number of hydrogen-bond acceptors (Lipinski definition) is 4. The van der Waals surface area contributed by atoms with Crippen molar-refractivity contribution in [3.63, 3.8) is 0 Å². The Kier molecular flexibility index (Phi) is 6.70. The minimum Gasteiger partial charge on any atom is -0.199 e. The summed E-state index contributed by atoms with van der Waals surface area (Å²) in [5, 5.41) is -2.27. The number of aryl methyl sites for hydroxylation is 2. The summed E-state index contributed by atoms with van der Waals surface area (Å²) in [6.07, 6.45) is 0. The van der Waals surface area contributed by atoms with Crippen molar-refractivity contribution in [1.29, 1.82) is 0 Å². The molecule has 3 aromatic rings. The summed E-state index contributed by atoms with van der Waals surface area (Å²) >= 11 is 13.1. The second kappa shape index (κ2) is 9.26. The average molecular weight is 535 g/mol. The van der Waals surface area contributed by atoms with Gasteiger partial charge in [-0.1, -0.05) is 59.7 Å². The van der Waals surface area contributed by atoms with E-state index in [2.05, 4.69) is 8.80 Å². The van der Waals surface area contributed by atoms with Crippen LogP contribution >= 0.6 is 23.2 Å². The Morgan fingerprint density at radius 1 is 0.588 bits per heavy atom. The molecule has 0 bridgehead atoms. The van der Waals surface area contributed by atoms with Gasteiger partial charge in [-0.25, -0.2) is 0 Å². The van der Waals surface area contributed by atoms with Crippen LogP contribution in [0.2, 0.25) is 0 Å². The Bertz CT molecular complexity index is 1400. The summed E-state index contributed by atoms with van der Waals surface area (Å²) in [7, 11) is -8.18. The summed E-state index contributed by atoms with van der Waals surface area (Å²) in [6.45, 7) is 3.69. The van der Waals surface area contributed by atoms with Gasteiger partial charge in [0.15, 0.2) is 0 Å². The molecule has 0 unspecified atom stereocenters. The van der Waals surface area contributed by atoms with E-state index >= 15 is 0 Å². The van der Waals surface area contributed by atoms with Crippen LogP contribution in [0, 0.1) is 13.8 Å². The Hall–Kier alpha value is -2.52. The van der Waals surface area contributed by atoms with Crippen LogP contribution < -0.4 is 0 Å². The van der Waals surface area contributed by atoms with Gasteiger partial charge in [-0.2, -0.15) is 25.6 Å². The molecule has 10 heteroatoms. The molecule has 0 saturated heterocycles. The van der Waals surface area contributed by atoms with Gasteiger partial charge in [0.05, 0.1) is 32.0 Å². The summed E-state index contributed by atoms with van der Waals surface area (Å²) in [5.74, 6) is 0. The highest BCUT2D eigenvalue weighted by Crippen LogP contribution is 2.32. The molecule has 6 nitrogen and oxygen atoms in total. The Labute approximate surface area is 209 Å². The fraction of sp³-hybridized carbons (Fsp3) is 0.167. The summed E-state index contributed by atoms with van der Waals surface area (Å²) in [4.78, 5) is 0.0268. The maximum atomic E-state index is 13.0. The summed E-state index contributed by atoms with van der Waals surface area (Å²) in [5.41, 5.74) is 2.58. The SMILES string of the molecule is Cc1ccc(S(=O)(=O)N=C2c3ccccc3C(=NS(=O)(=O)c3ccc(C)cc3)[C@H](Cl)[C@@H]2Cl)cc1. The molecule has 0 aromatic heterocycles. The molecule has 0 heterocycles. The fourth-order valence-corrected chi connectivity index (χ4v) is 6.29. The molecule has 0 spiro atoms. The van der Waals surface area contributed by atoms with Crippen LogP contribution in [0.15, 0.2) is 91.4 Å². The number of sulfonamides is 2. The highest BCUT2D eigenvalue weighted by molar-refractivity contribution is 7.90. The third kappa shape index (κ3) is 4.81. The van der Waals surface area contributed by atoms with Crippen molar-refractivity contribution in [1.82, 2.24) is 0 Å². The maximum absolute atomic E-state index is 13.0. The highest BCUT2D eigenvalue weighted by atomic mass is 35.5.